The van der Waals surface area contributed by atoms with E-state index >= 15 is 0 Å². The first-order chi connectivity index (χ1) is 14.6. The predicted octanol–water partition coefficient (Wildman–Crippen LogP) is 5.20. The minimum absolute atomic E-state index is 0.00458. The molecule has 30 heavy (non-hydrogen) atoms. The number of hydrogen-bond acceptors (Lipinski definition) is 3. The number of amides is 1. The zero-order valence-corrected chi connectivity index (χ0v) is 17.4. The van der Waals surface area contributed by atoms with Crippen LogP contribution in [0.15, 0.2) is 73.1 Å². The highest BCUT2D eigenvalue weighted by atomic mass is 35.5. The molecule has 0 radical (unpaired) electrons. The van der Waals surface area contributed by atoms with E-state index in [4.69, 9.17) is 11.6 Å². The summed E-state index contributed by atoms with van der Waals surface area (Å²) in [6.45, 7) is 0.594. The molecule has 152 valence electrons. The quantitative estimate of drug-likeness (QED) is 0.535. The second-order valence-electron chi connectivity index (χ2n) is 7.62. The molecule has 1 aromatic heterocycles. The number of carbonyl (C=O) groups excluding carboxylic acids is 2. The van der Waals surface area contributed by atoms with Crippen LogP contribution in [0.5, 0.6) is 0 Å². The molecule has 0 saturated carbocycles. The average molecular weight is 419 g/mol. The van der Waals surface area contributed by atoms with Crippen LogP contribution in [0.25, 0.3) is 0 Å². The summed E-state index contributed by atoms with van der Waals surface area (Å²) in [7, 11) is 0. The second kappa shape index (κ2) is 9.23. The molecule has 1 fully saturated rings. The van der Waals surface area contributed by atoms with Crippen LogP contribution in [0.4, 0.5) is 0 Å². The van der Waals surface area contributed by atoms with E-state index < -0.39 is 6.04 Å². The monoisotopic (exact) mass is 418 g/mol. The number of Topliss-reactive ketones (excluding diaryl/α,β-unsaturated/α-hetero) is 1. The van der Waals surface area contributed by atoms with Gasteiger partial charge in [-0.05, 0) is 67.1 Å². The van der Waals surface area contributed by atoms with Crippen molar-refractivity contribution in [2.75, 3.05) is 6.54 Å². The van der Waals surface area contributed by atoms with Gasteiger partial charge >= 0.3 is 0 Å². The lowest BCUT2D eigenvalue weighted by molar-refractivity contribution is 0.0548. The Hall–Kier alpha value is -2.98. The molecule has 1 aliphatic heterocycles. The third-order valence-corrected chi connectivity index (χ3v) is 5.78. The van der Waals surface area contributed by atoms with E-state index in [1.165, 1.54) is 0 Å². The normalized spacial score (nSPS) is 16.3. The maximum Gasteiger partial charge on any atom is 0.254 e. The van der Waals surface area contributed by atoms with Crippen LogP contribution in [0.2, 0.25) is 5.02 Å². The number of aromatic nitrogens is 1. The zero-order valence-electron chi connectivity index (χ0n) is 16.6. The summed E-state index contributed by atoms with van der Waals surface area (Å²) < 4.78 is 0. The number of pyridine rings is 1. The van der Waals surface area contributed by atoms with Crippen LogP contribution in [-0.2, 0) is 6.42 Å². The average Bonchev–Trinajstić information content (AvgIpc) is 2.80. The largest absolute Gasteiger partial charge is 0.328 e. The number of ketones is 1. The molecule has 1 aliphatic rings. The minimum atomic E-state index is -0.425. The molecule has 1 atom stereocenters. The molecular weight excluding hydrogens is 396 g/mol. The van der Waals surface area contributed by atoms with Gasteiger partial charge in [0.1, 0.15) is 0 Å². The van der Waals surface area contributed by atoms with Gasteiger partial charge in [0, 0.05) is 35.1 Å². The number of halogens is 1. The van der Waals surface area contributed by atoms with Crippen LogP contribution >= 0.6 is 11.6 Å². The van der Waals surface area contributed by atoms with Gasteiger partial charge in [0.25, 0.3) is 5.91 Å². The van der Waals surface area contributed by atoms with Gasteiger partial charge in [-0.3, -0.25) is 14.6 Å². The molecule has 0 N–H and O–H groups in total. The molecule has 3 aromatic rings. The van der Waals surface area contributed by atoms with Crippen LogP contribution in [0, 0.1) is 0 Å². The topological polar surface area (TPSA) is 50.3 Å². The maximum atomic E-state index is 13.2. The Kier molecular flexibility index (Phi) is 6.24. The van der Waals surface area contributed by atoms with Crippen molar-refractivity contribution < 1.29 is 9.59 Å². The lowest BCUT2D eigenvalue weighted by Crippen LogP contribution is -2.48. The molecule has 1 saturated heterocycles. The van der Waals surface area contributed by atoms with Crippen LogP contribution in [0.3, 0.4) is 0 Å². The third-order valence-electron chi connectivity index (χ3n) is 5.53. The number of benzene rings is 2. The van der Waals surface area contributed by atoms with Gasteiger partial charge in [0.05, 0.1) is 6.04 Å². The Morgan fingerprint density at radius 2 is 1.67 bits per heavy atom. The van der Waals surface area contributed by atoms with Crippen molar-refractivity contribution in [2.24, 2.45) is 0 Å². The van der Waals surface area contributed by atoms with E-state index in [0.29, 0.717) is 29.1 Å². The first-order valence-corrected chi connectivity index (χ1v) is 10.6. The number of rotatable bonds is 5. The fraction of sp³-hybridized carbons (Fsp3) is 0.240. The Morgan fingerprint density at radius 1 is 0.933 bits per heavy atom. The molecule has 0 spiro atoms. The molecular formula is C25H23ClN2O2. The summed E-state index contributed by atoms with van der Waals surface area (Å²) in [5.41, 5.74) is 3.46. The van der Waals surface area contributed by atoms with Gasteiger partial charge in [0.2, 0.25) is 0 Å². The molecule has 1 amide bonds. The van der Waals surface area contributed by atoms with E-state index in [2.05, 4.69) is 4.98 Å². The van der Waals surface area contributed by atoms with Gasteiger partial charge in [-0.2, -0.15) is 0 Å². The first-order valence-electron chi connectivity index (χ1n) is 10.2. The Balaban J connectivity index is 1.50. The standard InChI is InChI=1S/C25H23ClN2O2/c26-22-12-10-21(11-13-22)25(30)28-15-2-1-5-23(28)24(29)20-8-6-18(7-9-20)16-19-4-3-14-27-17-19/h3-4,6-14,17,23H,1-2,5,15-16H2. The molecule has 1 unspecified atom stereocenters. The van der Waals surface area contributed by atoms with Crippen molar-refractivity contribution in [3.8, 4) is 0 Å². The predicted molar refractivity (Wildman–Crippen MR) is 118 cm³/mol. The van der Waals surface area contributed by atoms with Crippen LogP contribution in [-0.4, -0.2) is 34.2 Å². The molecule has 2 heterocycles. The SMILES string of the molecule is O=C(c1ccc(Cc2cccnc2)cc1)C1CCCCN1C(=O)c1ccc(Cl)cc1. The number of nitrogens with zero attached hydrogens (tertiary/aromatic N) is 2. The van der Waals surface area contributed by atoms with Crippen molar-refractivity contribution in [3.05, 3.63) is 100 Å². The van der Waals surface area contributed by atoms with Crippen molar-refractivity contribution in [3.63, 3.8) is 0 Å². The van der Waals surface area contributed by atoms with Crippen LogP contribution < -0.4 is 0 Å². The highest BCUT2D eigenvalue weighted by molar-refractivity contribution is 6.30. The minimum Gasteiger partial charge on any atom is -0.328 e. The Labute approximate surface area is 181 Å². The van der Waals surface area contributed by atoms with E-state index in [1.807, 2.05) is 42.6 Å². The third kappa shape index (κ3) is 4.60. The maximum absolute atomic E-state index is 13.2. The zero-order chi connectivity index (χ0) is 20.9. The second-order valence-corrected chi connectivity index (χ2v) is 8.05. The van der Waals surface area contributed by atoms with Crippen molar-refractivity contribution in [1.29, 1.82) is 0 Å². The molecule has 4 nitrogen and oxygen atoms in total. The van der Waals surface area contributed by atoms with Gasteiger partial charge in [-0.25, -0.2) is 0 Å². The molecule has 5 heteroatoms. The highest BCUT2D eigenvalue weighted by Gasteiger charge is 2.33. The van der Waals surface area contributed by atoms with Crippen molar-refractivity contribution >= 4 is 23.3 Å². The fourth-order valence-electron chi connectivity index (χ4n) is 3.92. The van der Waals surface area contributed by atoms with Gasteiger partial charge in [-0.1, -0.05) is 41.9 Å². The number of hydrogen-bond donors (Lipinski definition) is 0. The lowest BCUT2D eigenvalue weighted by atomic mass is 9.92. The van der Waals surface area contributed by atoms with E-state index in [-0.39, 0.29) is 11.7 Å². The molecule has 0 bridgehead atoms. The summed E-state index contributed by atoms with van der Waals surface area (Å²) in [5, 5.41) is 0.587. The van der Waals surface area contributed by atoms with Crippen molar-refractivity contribution in [1.82, 2.24) is 9.88 Å². The summed E-state index contributed by atoms with van der Waals surface area (Å²) in [6.07, 6.45) is 6.92. The van der Waals surface area contributed by atoms with Gasteiger partial charge < -0.3 is 4.90 Å². The number of piperidine rings is 1. The molecule has 4 rings (SSSR count). The summed E-state index contributed by atoms with van der Waals surface area (Å²) in [5.74, 6) is -0.108. The Bertz CT molecular complexity index is 1020. The number of likely N-dealkylation sites (tertiary alicyclic amines) is 1. The summed E-state index contributed by atoms with van der Waals surface area (Å²) in [6, 6.07) is 18.1. The van der Waals surface area contributed by atoms with Crippen LogP contribution in [0.1, 0.15) is 51.1 Å². The molecule has 2 aromatic carbocycles. The number of carbonyl (C=O) groups is 2. The van der Waals surface area contributed by atoms with E-state index in [0.717, 1.165) is 30.4 Å². The fourth-order valence-corrected chi connectivity index (χ4v) is 4.05. The Morgan fingerprint density at radius 3 is 2.37 bits per heavy atom. The van der Waals surface area contributed by atoms with Gasteiger partial charge in [0.15, 0.2) is 5.78 Å². The van der Waals surface area contributed by atoms with Gasteiger partial charge in [-0.15, -0.1) is 0 Å². The first kappa shape index (κ1) is 20.3. The van der Waals surface area contributed by atoms with Crippen molar-refractivity contribution in [2.45, 2.75) is 31.7 Å². The highest BCUT2D eigenvalue weighted by Crippen LogP contribution is 2.24. The smallest absolute Gasteiger partial charge is 0.254 e. The van der Waals surface area contributed by atoms with E-state index in [9.17, 15) is 9.59 Å². The summed E-state index contributed by atoms with van der Waals surface area (Å²) >= 11 is 5.94. The summed E-state index contributed by atoms with van der Waals surface area (Å²) in [4.78, 5) is 32.1. The van der Waals surface area contributed by atoms with E-state index in [1.54, 1.807) is 35.4 Å². The lowest BCUT2D eigenvalue weighted by Gasteiger charge is -2.35. The molecule has 0 aliphatic carbocycles.